The maximum Gasteiger partial charge on any atom is 0.0897 e. The molecule has 0 bridgehead atoms. The lowest BCUT2D eigenvalue weighted by Crippen LogP contribution is -1.90. The number of rotatable bonds is 2. The quantitative estimate of drug-likeness (QED) is 0.703. The summed E-state index contributed by atoms with van der Waals surface area (Å²) in [6.45, 7) is 0. The number of nitrogens with zero attached hydrogens (tertiary/aromatic N) is 2. The number of nitrogens with one attached hydrogen (secondary N) is 1. The van der Waals surface area contributed by atoms with Gasteiger partial charge in [0.25, 0.3) is 0 Å². The van der Waals surface area contributed by atoms with Gasteiger partial charge in [-0.2, -0.15) is 0 Å². The maximum atomic E-state index is 4.66. The third kappa shape index (κ3) is 2.53. The van der Waals surface area contributed by atoms with E-state index in [1.165, 1.54) is 3.57 Å². The normalized spacial score (nSPS) is 10.6. The Morgan fingerprint density at radius 3 is 2.53 bits per heavy atom. The van der Waals surface area contributed by atoms with Crippen molar-refractivity contribution < 1.29 is 0 Å². The minimum Gasteiger partial charge on any atom is -0.388 e. The third-order valence-corrected chi connectivity index (χ3v) is 3.64. The number of hydrogen-bond donors (Lipinski definition) is 1. The van der Waals surface area contributed by atoms with E-state index in [-0.39, 0.29) is 0 Å². The van der Waals surface area contributed by atoms with Crippen LogP contribution in [0.5, 0.6) is 0 Å². The van der Waals surface area contributed by atoms with Crippen LogP contribution >= 0.6 is 22.6 Å². The Kier molecular flexibility index (Phi) is 3.33. The molecule has 2 aromatic carbocycles. The molecule has 94 valence electrons. The second-order valence-electron chi connectivity index (χ2n) is 4.22. The molecule has 0 atom stereocenters. The summed E-state index contributed by atoms with van der Waals surface area (Å²) in [5.74, 6) is 0. The van der Waals surface area contributed by atoms with Gasteiger partial charge < -0.3 is 5.32 Å². The van der Waals surface area contributed by atoms with Crippen LogP contribution in [-0.4, -0.2) is 17.0 Å². The van der Waals surface area contributed by atoms with Crippen LogP contribution in [0.15, 0.2) is 48.7 Å². The van der Waals surface area contributed by atoms with Crippen LogP contribution in [0, 0.1) is 3.57 Å². The first-order valence-corrected chi connectivity index (χ1v) is 7.04. The summed E-state index contributed by atoms with van der Waals surface area (Å²) < 4.78 is 1.17. The first-order chi connectivity index (χ1) is 9.26. The minimum absolute atomic E-state index is 0.899. The molecule has 3 nitrogen and oxygen atoms in total. The maximum absolute atomic E-state index is 4.66. The van der Waals surface area contributed by atoms with E-state index in [1.54, 1.807) is 0 Å². The molecule has 4 heteroatoms. The van der Waals surface area contributed by atoms with E-state index in [1.807, 2.05) is 55.7 Å². The van der Waals surface area contributed by atoms with E-state index >= 15 is 0 Å². The summed E-state index contributed by atoms with van der Waals surface area (Å²) >= 11 is 2.28. The van der Waals surface area contributed by atoms with Gasteiger partial charge in [0.2, 0.25) is 0 Å². The van der Waals surface area contributed by atoms with E-state index in [4.69, 9.17) is 0 Å². The summed E-state index contributed by atoms with van der Waals surface area (Å²) in [7, 11) is 1.91. The molecule has 0 saturated heterocycles. The fourth-order valence-electron chi connectivity index (χ4n) is 1.93. The Balaban J connectivity index is 2.06. The Morgan fingerprint density at radius 2 is 1.79 bits per heavy atom. The van der Waals surface area contributed by atoms with Gasteiger partial charge in [-0.25, -0.2) is 4.98 Å². The van der Waals surface area contributed by atoms with Crippen molar-refractivity contribution >= 4 is 39.3 Å². The number of benzene rings is 2. The molecule has 0 fully saturated rings. The van der Waals surface area contributed by atoms with Crippen molar-refractivity contribution in [1.82, 2.24) is 9.97 Å². The van der Waals surface area contributed by atoms with Crippen LogP contribution in [-0.2, 0) is 0 Å². The van der Waals surface area contributed by atoms with Gasteiger partial charge in [0, 0.05) is 21.9 Å². The molecule has 0 unspecified atom stereocenters. The molecule has 0 amide bonds. The molecule has 3 aromatic rings. The van der Waals surface area contributed by atoms with Crippen molar-refractivity contribution in [3.8, 4) is 11.3 Å². The SMILES string of the molecule is CNc1ccc(-c2cnc3cc(I)ccc3n2)cc1. The molecule has 0 aliphatic heterocycles. The average Bonchev–Trinajstić information content (AvgIpc) is 2.47. The zero-order valence-electron chi connectivity index (χ0n) is 10.4. The van der Waals surface area contributed by atoms with Crippen molar-refractivity contribution in [3.05, 3.63) is 52.2 Å². The number of halogens is 1. The van der Waals surface area contributed by atoms with Crippen molar-refractivity contribution in [2.45, 2.75) is 0 Å². The second kappa shape index (κ2) is 5.13. The first kappa shape index (κ1) is 12.3. The molecule has 0 saturated carbocycles. The largest absolute Gasteiger partial charge is 0.388 e. The summed E-state index contributed by atoms with van der Waals surface area (Å²) in [4.78, 5) is 9.13. The highest BCUT2D eigenvalue weighted by Crippen LogP contribution is 2.21. The molecule has 0 aliphatic rings. The molecular formula is C15H12IN3. The molecule has 1 N–H and O–H groups in total. The number of anilines is 1. The number of fused-ring (bicyclic) bond motifs is 1. The molecule has 0 aliphatic carbocycles. The lowest BCUT2D eigenvalue weighted by Gasteiger charge is -2.04. The fraction of sp³-hybridized carbons (Fsp3) is 0.0667. The van der Waals surface area contributed by atoms with Gasteiger partial charge in [-0.05, 0) is 52.9 Å². The number of hydrogen-bond acceptors (Lipinski definition) is 3. The van der Waals surface area contributed by atoms with E-state index in [9.17, 15) is 0 Å². The zero-order valence-corrected chi connectivity index (χ0v) is 12.5. The predicted molar refractivity (Wildman–Crippen MR) is 87.2 cm³/mol. The molecule has 0 radical (unpaired) electrons. The average molecular weight is 361 g/mol. The summed E-state index contributed by atoms with van der Waals surface area (Å²) in [5, 5.41) is 3.10. The van der Waals surface area contributed by atoms with E-state index in [0.29, 0.717) is 0 Å². The van der Waals surface area contributed by atoms with Crippen molar-refractivity contribution in [2.75, 3.05) is 12.4 Å². The topological polar surface area (TPSA) is 37.8 Å². The van der Waals surface area contributed by atoms with Crippen LogP contribution in [0.2, 0.25) is 0 Å². The molecule has 3 rings (SSSR count). The van der Waals surface area contributed by atoms with Crippen LogP contribution < -0.4 is 5.32 Å². The lowest BCUT2D eigenvalue weighted by molar-refractivity contribution is 1.29. The summed E-state index contributed by atoms with van der Waals surface area (Å²) in [6.07, 6.45) is 1.83. The van der Waals surface area contributed by atoms with Crippen LogP contribution in [0.1, 0.15) is 0 Å². The highest BCUT2D eigenvalue weighted by Gasteiger charge is 2.03. The molecule has 1 aromatic heterocycles. The molecule has 19 heavy (non-hydrogen) atoms. The highest BCUT2D eigenvalue weighted by atomic mass is 127. The highest BCUT2D eigenvalue weighted by molar-refractivity contribution is 14.1. The third-order valence-electron chi connectivity index (χ3n) is 2.97. The van der Waals surface area contributed by atoms with E-state index in [0.717, 1.165) is 28.0 Å². The molecular weight excluding hydrogens is 349 g/mol. The second-order valence-corrected chi connectivity index (χ2v) is 5.46. The Labute approximate surface area is 125 Å². The fourth-order valence-corrected chi connectivity index (χ4v) is 2.41. The first-order valence-electron chi connectivity index (χ1n) is 5.97. The summed E-state index contributed by atoms with van der Waals surface area (Å²) in [5.41, 5.74) is 4.92. The van der Waals surface area contributed by atoms with Gasteiger partial charge in [0.05, 0.1) is 22.9 Å². The van der Waals surface area contributed by atoms with Crippen LogP contribution in [0.25, 0.3) is 22.3 Å². The van der Waals surface area contributed by atoms with Gasteiger partial charge in [-0.3, -0.25) is 4.98 Å². The van der Waals surface area contributed by atoms with Gasteiger partial charge in [0.15, 0.2) is 0 Å². The van der Waals surface area contributed by atoms with Gasteiger partial charge in [0.1, 0.15) is 0 Å². The standard InChI is InChI=1S/C15H12IN3/c1-17-12-5-2-10(3-6-12)15-9-18-14-8-11(16)4-7-13(14)19-15/h2-9,17H,1H3. The predicted octanol–water partition coefficient (Wildman–Crippen LogP) is 3.94. The summed E-state index contributed by atoms with van der Waals surface area (Å²) in [6, 6.07) is 14.3. The number of aromatic nitrogens is 2. The Bertz CT molecular complexity index is 723. The van der Waals surface area contributed by atoms with Crippen molar-refractivity contribution in [3.63, 3.8) is 0 Å². The van der Waals surface area contributed by atoms with Crippen LogP contribution in [0.3, 0.4) is 0 Å². The van der Waals surface area contributed by atoms with E-state index in [2.05, 4.69) is 37.9 Å². The van der Waals surface area contributed by atoms with E-state index < -0.39 is 0 Å². The smallest absolute Gasteiger partial charge is 0.0897 e. The molecule has 0 spiro atoms. The van der Waals surface area contributed by atoms with Crippen molar-refractivity contribution in [1.29, 1.82) is 0 Å². The van der Waals surface area contributed by atoms with Gasteiger partial charge >= 0.3 is 0 Å². The minimum atomic E-state index is 0.899. The van der Waals surface area contributed by atoms with Gasteiger partial charge in [-0.15, -0.1) is 0 Å². The van der Waals surface area contributed by atoms with Gasteiger partial charge in [-0.1, -0.05) is 12.1 Å². The lowest BCUT2D eigenvalue weighted by atomic mass is 10.1. The Hall–Kier alpha value is -1.69. The zero-order chi connectivity index (χ0) is 13.2. The Morgan fingerprint density at radius 1 is 1.00 bits per heavy atom. The van der Waals surface area contributed by atoms with Crippen LogP contribution in [0.4, 0.5) is 5.69 Å². The van der Waals surface area contributed by atoms with Crippen molar-refractivity contribution in [2.24, 2.45) is 0 Å². The monoisotopic (exact) mass is 361 g/mol. The molecule has 1 heterocycles.